The number of alkyl halides is 5. The van der Waals surface area contributed by atoms with Crippen molar-refractivity contribution in [1.29, 1.82) is 0 Å². The van der Waals surface area contributed by atoms with Gasteiger partial charge < -0.3 is 10.5 Å². The molecule has 1 aromatic heterocycles. The molecule has 3 nitrogen and oxygen atoms in total. The second-order valence-electron chi connectivity index (χ2n) is 3.11. The first-order valence-electron chi connectivity index (χ1n) is 4.51. The van der Waals surface area contributed by atoms with Gasteiger partial charge in [-0.15, -0.1) is 0 Å². The molecule has 1 aromatic rings. The highest BCUT2D eigenvalue weighted by Gasteiger charge is 2.33. The molecule has 0 bridgehead atoms. The number of aromatic nitrogens is 1. The van der Waals surface area contributed by atoms with Gasteiger partial charge in [-0.1, -0.05) is 12.2 Å². The topological polar surface area (TPSA) is 48.1 Å². The summed E-state index contributed by atoms with van der Waals surface area (Å²) in [5.74, 6) is -0.655. The Kier molecular flexibility index (Phi) is 4.38. The van der Waals surface area contributed by atoms with E-state index in [2.05, 4.69) is 21.9 Å². The van der Waals surface area contributed by atoms with Gasteiger partial charge in [-0.25, -0.2) is 13.8 Å². The Hall–Kier alpha value is -1.51. The van der Waals surface area contributed by atoms with E-state index in [1.54, 1.807) is 0 Å². The zero-order valence-corrected chi connectivity index (χ0v) is 9.49. The molecule has 0 unspecified atom stereocenters. The van der Waals surface area contributed by atoms with Crippen molar-refractivity contribution in [3.63, 3.8) is 0 Å². The summed E-state index contributed by atoms with van der Waals surface area (Å²) in [5, 5.41) is 0. The summed E-state index contributed by atoms with van der Waals surface area (Å²) in [6, 6.07) is 1.57. The van der Waals surface area contributed by atoms with Gasteiger partial charge in [-0.2, -0.15) is 13.2 Å². The Morgan fingerprint density at radius 3 is 2.44 bits per heavy atom. The molecule has 9 heteroatoms. The predicted molar refractivity (Wildman–Crippen MR) is 56.6 cm³/mol. The van der Waals surface area contributed by atoms with Crippen LogP contribution in [-0.2, 0) is 6.18 Å². The molecule has 18 heavy (non-hydrogen) atoms. The molecule has 0 radical (unpaired) electrons. The summed E-state index contributed by atoms with van der Waals surface area (Å²) < 4.78 is 65.5. The maximum Gasteiger partial charge on any atom is 0.433 e. The molecule has 1 heterocycles. The van der Waals surface area contributed by atoms with Crippen molar-refractivity contribution in [2.24, 2.45) is 5.73 Å². The average molecular weight is 286 g/mol. The van der Waals surface area contributed by atoms with Crippen LogP contribution in [-0.4, -0.2) is 23.0 Å². The van der Waals surface area contributed by atoms with Gasteiger partial charge in [-0.3, -0.25) is 0 Å². The van der Waals surface area contributed by atoms with E-state index in [0.717, 1.165) is 6.07 Å². The molecule has 0 aliphatic heterocycles. The van der Waals surface area contributed by atoms with E-state index in [0.29, 0.717) is 6.07 Å². The Bertz CT molecular complexity index is 449. The van der Waals surface area contributed by atoms with Crippen LogP contribution in [0.2, 0.25) is 0 Å². The minimum atomic E-state index is -4.71. The molecule has 0 amide bonds. The van der Waals surface area contributed by atoms with Crippen molar-refractivity contribution >= 4 is 17.2 Å². The predicted octanol–water partition coefficient (Wildman–Crippen LogP) is 2.38. The van der Waals surface area contributed by atoms with E-state index in [1.807, 2.05) is 0 Å². The first-order chi connectivity index (χ1) is 8.21. The summed E-state index contributed by atoms with van der Waals surface area (Å²) in [5.41, 5.74) is 3.83. The lowest BCUT2D eigenvalue weighted by Crippen LogP contribution is -2.18. The highest BCUT2D eigenvalue weighted by atomic mass is 32.1. The standard InChI is InChI=1S/C9H7F5N2OS/c10-6(11)3-17-8-4(7(15)18)1-2-5(16-8)9(12,13)14/h1-2,6H,3H2,(H2,15,18). The normalized spacial score (nSPS) is 11.7. The molecule has 100 valence electrons. The van der Waals surface area contributed by atoms with Crippen molar-refractivity contribution in [2.75, 3.05) is 6.61 Å². The number of hydrogen-bond donors (Lipinski definition) is 1. The van der Waals surface area contributed by atoms with E-state index in [9.17, 15) is 22.0 Å². The van der Waals surface area contributed by atoms with Crippen LogP contribution in [0.25, 0.3) is 0 Å². The van der Waals surface area contributed by atoms with E-state index >= 15 is 0 Å². The first kappa shape index (κ1) is 14.6. The van der Waals surface area contributed by atoms with Crippen molar-refractivity contribution in [3.05, 3.63) is 23.4 Å². The van der Waals surface area contributed by atoms with Crippen LogP contribution in [0.1, 0.15) is 11.3 Å². The van der Waals surface area contributed by atoms with Gasteiger partial charge in [0.2, 0.25) is 5.88 Å². The van der Waals surface area contributed by atoms with Crippen LogP contribution in [0.15, 0.2) is 12.1 Å². The number of halogens is 5. The van der Waals surface area contributed by atoms with Gasteiger partial charge in [0.25, 0.3) is 6.43 Å². The Balaban J connectivity index is 3.12. The molecule has 0 aromatic carbocycles. The quantitative estimate of drug-likeness (QED) is 0.682. The number of ether oxygens (including phenoxy) is 1. The Morgan fingerprint density at radius 1 is 1.39 bits per heavy atom. The van der Waals surface area contributed by atoms with Crippen LogP contribution in [0, 0.1) is 0 Å². The highest BCUT2D eigenvalue weighted by molar-refractivity contribution is 7.80. The van der Waals surface area contributed by atoms with Crippen LogP contribution in [0.4, 0.5) is 22.0 Å². The lowest BCUT2D eigenvalue weighted by Gasteiger charge is -2.12. The number of nitrogens with two attached hydrogens (primary N) is 1. The molecule has 0 aliphatic rings. The van der Waals surface area contributed by atoms with Gasteiger partial charge >= 0.3 is 6.18 Å². The summed E-state index contributed by atoms with van der Waals surface area (Å²) in [4.78, 5) is 2.80. The zero-order chi connectivity index (χ0) is 13.9. The Morgan fingerprint density at radius 2 is 2.00 bits per heavy atom. The third-order valence-electron chi connectivity index (χ3n) is 1.76. The summed E-state index contributed by atoms with van der Waals surface area (Å²) in [6.45, 7) is -1.09. The number of nitrogens with zero attached hydrogens (tertiary/aromatic N) is 1. The molecular weight excluding hydrogens is 279 g/mol. The first-order valence-corrected chi connectivity index (χ1v) is 4.91. The van der Waals surface area contributed by atoms with Crippen molar-refractivity contribution in [2.45, 2.75) is 12.6 Å². The molecule has 0 saturated carbocycles. The second-order valence-corrected chi connectivity index (χ2v) is 3.55. The third-order valence-corrected chi connectivity index (χ3v) is 1.98. The van der Waals surface area contributed by atoms with Crippen LogP contribution < -0.4 is 10.5 Å². The number of rotatable bonds is 4. The molecule has 0 atom stereocenters. The smallest absolute Gasteiger partial charge is 0.433 e. The summed E-state index contributed by atoms with van der Waals surface area (Å²) in [7, 11) is 0. The van der Waals surface area contributed by atoms with Gasteiger partial charge in [0, 0.05) is 0 Å². The van der Waals surface area contributed by atoms with E-state index in [1.165, 1.54) is 0 Å². The number of hydrogen-bond acceptors (Lipinski definition) is 3. The van der Waals surface area contributed by atoms with Crippen molar-refractivity contribution < 1.29 is 26.7 Å². The van der Waals surface area contributed by atoms with Crippen LogP contribution in [0.3, 0.4) is 0 Å². The van der Waals surface area contributed by atoms with Crippen LogP contribution in [0.5, 0.6) is 5.88 Å². The minimum Gasteiger partial charge on any atom is -0.471 e. The fourth-order valence-corrected chi connectivity index (χ4v) is 1.19. The molecule has 0 saturated heterocycles. The van der Waals surface area contributed by atoms with Gasteiger partial charge in [-0.05, 0) is 12.1 Å². The van der Waals surface area contributed by atoms with Crippen molar-refractivity contribution in [3.8, 4) is 5.88 Å². The van der Waals surface area contributed by atoms with Gasteiger partial charge in [0.1, 0.15) is 10.7 Å². The zero-order valence-electron chi connectivity index (χ0n) is 8.67. The fraction of sp³-hybridized carbons (Fsp3) is 0.333. The number of pyridine rings is 1. The van der Waals surface area contributed by atoms with E-state index in [-0.39, 0.29) is 10.6 Å². The molecular formula is C9H7F5N2OS. The van der Waals surface area contributed by atoms with Crippen LogP contribution >= 0.6 is 12.2 Å². The highest BCUT2D eigenvalue weighted by Crippen LogP contribution is 2.30. The van der Waals surface area contributed by atoms with Gasteiger partial charge in [0.15, 0.2) is 6.61 Å². The molecule has 0 spiro atoms. The molecule has 0 aliphatic carbocycles. The summed E-state index contributed by atoms with van der Waals surface area (Å²) in [6.07, 6.45) is -7.56. The molecule has 2 N–H and O–H groups in total. The van der Waals surface area contributed by atoms with Crippen molar-refractivity contribution in [1.82, 2.24) is 4.98 Å². The SMILES string of the molecule is NC(=S)c1ccc(C(F)(F)F)nc1OCC(F)F. The van der Waals surface area contributed by atoms with E-state index < -0.39 is 30.8 Å². The van der Waals surface area contributed by atoms with E-state index in [4.69, 9.17) is 5.73 Å². The fourth-order valence-electron chi connectivity index (χ4n) is 1.04. The number of thiocarbonyl (C=S) groups is 1. The maximum absolute atomic E-state index is 12.4. The summed E-state index contributed by atoms with van der Waals surface area (Å²) >= 11 is 4.56. The second kappa shape index (κ2) is 5.42. The lowest BCUT2D eigenvalue weighted by molar-refractivity contribution is -0.141. The lowest BCUT2D eigenvalue weighted by atomic mass is 10.2. The average Bonchev–Trinajstić information content (AvgIpc) is 2.24. The maximum atomic E-state index is 12.4. The van der Waals surface area contributed by atoms with Gasteiger partial charge in [0.05, 0.1) is 5.56 Å². The largest absolute Gasteiger partial charge is 0.471 e. The molecule has 1 rings (SSSR count). The Labute approximate surface area is 104 Å². The third kappa shape index (κ3) is 3.76. The minimum absolute atomic E-state index is 0.126. The monoisotopic (exact) mass is 286 g/mol. The molecule has 0 fully saturated rings.